The molecule has 0 aliphatic rings. The zero-order valence-electron chi connectivity index (χ0n) is 6.83. The van der Waals surface area contributed by atoms with E-state index in [4.69, 9.17) is 4.74 Å². The van der Waals surface area contributed by atoms with Crippen molar-refractivity contribution in [2.45, 2.75) is 13.0 Å². The first-order valence-electron chi connectivity index (χ1n) is 3.63. The van der Waals surface area contributed by atoms with Crippen LogP contribution < -0.4 is 4.74 Å². The van der Waals surface area contributed by atoms with Gasteiger partial charge in [-0.3, -0.25) is 0 Å². The average molecular weight is 228 g/mol. The molecule has 1 atom stereocenters. The highest BCUT2D eigenvalue weighted by atomic mass is 79.9. The molecule has 0 spiro atoms. The Labute approximate surface area is 80.4 Å². The number of hydrogen-bond acceptors (Lipinski definition) is 2. The van der Waals surface area contributed by atoms with Gasteiger partial charge in [-0.15, -0.1) is 0 Å². The fraction of sp³-hybridized carbons (Fsp3) is 0.222. The molecule has 0 aliphatic carbocycles. The molecule has 64 valence electrons. The zero-order valence-corrected chi connectivity index (χ0v) is 8.41. The predicted molar refractivity (Wildman–Crippen MR) is 52.2 cm³/mol. The molecule has 0 radical (unpaired) electrons. The van der Waals surface area contributed by atoms with Crippen molar-refractivity contribution in [2.24, 2.45) is 0 Å². The van der Waals surface area contributed by atoms with E-state index in [-0.39, 0.29) is 6.10 Å². The van der Waals surface area contributed by atoms with Crippen LogP contribution in [0.5, 0.6) is 5.75 Å². The third kappa shape index (κ3) is 2.66. The Morgan fingerprint density at radius 3 is 2.92 bits per heavy atom. The van der Waals surface area contributed by atoms with Gasteiger partial charge in [0, 0.05) is 0 Å². The third-order valence-electron chi connectivity index (χ3n) is 1.35. The minimum Gasteiger partial charge on any atom is -0.485 e. The van der Waals surface area contributed by atoms with E-state index in [1.807, 2.05) is 19.1 Å². The van der Waals surface area contributed by atoms with Gasteiger partial charge in [-0.2, -0.15) is 0 Å². The third-order valence-corrected chi connectivity index (χ3v) is 1.82. The summed E-state index contributed by atoms with van der Waals surface area (Å²) in [4.78, 5) is 4.02. The summed E-state index contributed by atoms with van der Waals surface area (Å²) in [5, 5.41) is 0. The fourth-order valence-electron chi connectivity index (χ4n) is 0.695. The molecule has 0 fully saturated rings. The van der Waals surface area contributed by atoms with Gasteiger partial charge in [0.1, 0.15) is 16.5 Å². The SMILES string of the molecule is C=CC(C)Oc1ccc(Br)nc1. The molecule has 0 bridgehead atoms. The second-order valence-corrected chi connectivity index (χ2v) is 3.19. The molecule has 0 saturated carbocycles. The lowest BCUT2D eigenvalue weighted by atomic mass is 10.4. The Balaban J connectivity index is 2.64. The molecule has 0 amide bonds. The first kappa shape index (κ1) is 9.26. The molecule has 1 aromatic rings. The van der Waals surface area contributed by atoms with Crippen molar-refractivity contribution in [3.05, 3.63) is 35.6 Å². The van der Waals surface area contributed by atoms with Gasteiger partial charge in [-0.05, 0) is 35.0 Å². The summed E-state index contributed by atoms with van der Waals surface area (Å²) in [7, 11) is 0. The number of ether oxygens (including phenoxy) is 1. The molecule has 2 nitrogen and oxygen atoms in total. The number of rotatable bonds is 3. The van der Waals surface area contributed by atoms with Crippen molar-refractivity contribution in [3.63, 3.8) is 0 Å². The van der Waals surface area contributed by atoms with Gasteiger partial charge in [0.2, 0.25) is 0 Å². The maximum Gasteiger partial charge on any atom is 0.138 e. The van der Waals surface area contributed by atoms with E-state index in [9.17, 15) is 0 Å². The van der Waals surface area contributed by atoms with Crippen LogP contribution in [0.25, 0.3) is 0 Å². The molecule has 1 aromatic heterocycles. The van der Waals surface area contributed by atoms with Gasteiger partial charge < -0.3 is 4.74 Å². The zero-order chi connectivity index (χ0) is 8.97. The number of hydrogen-bond donors (Lipinski definition) is 0. The van der Waals surface area contributed by atoms with E-state index in [2.05, 4.69) is 27.5 Å². The van der Waals surface area contributed by atoms with Crippen LogP contribution in [0, 0.1) is 0 Å². The van der Waals surface area contributed by atoms with Crippen LogP contribution in [0.4, 0.5) is 0 Å². The lowest BCUT2D eigenvalue weighted by Crippen LogP contribution is -2.07. The minimum absolute atomic E-state index is 0.0213. The topological polar surface area (TPSA) is 22.1 Å². The van der Waals surface area contributed by atoms with Crippen LogP contribution in [0.2, 0.25) is 0 Å². The van der Waals surface area contributed by atoms with E-state index < -0.39 is 0 Å². The highest BCUT2D eigenvalue weighted by molar-refractivity contribution is 9.10. The Morgan fingerprint density at radius 1 is 1.67 bits per heavy atom. The normalized spacial score (nSPS) is 12.2. The highest BCUT2D eigenvalue weighted by Crippen LogP contribution is 2.14. The van der Waals surface area contributed by atoms with E-state index >= 15 is 0 Å². The fourth-order valence-corrected chi connectivity index (χ4v) is 0.929. The molecule has 1 heterocycles. The van der Waals surface area contributed by atoms with E-state index in [0.29, 0.717) is 0 Å². The van der Waals surface area contributed by atoms with E-state index in [1.54, 1.807) is 12.3 Å². The number of aromatic nitrogens is 1. The van der Waals surface area contributed by atoms with Gasteiger partial charge in [0.25, 0.3) is 0 Å². The lowest BCUT2D eigenvalue weighted by Gasteiger charge is -2.09. The molecule has 12 heavy (non-hydrogen) atoms. The Hall–Kier alpha value is -0.830. The molecule has 0 aliphatic heterocycles. The van der Waals surface area contributed by atoms with Gasteiger partial charge in [0.05, 0.1) is 6.20 Å². The van der Waals surface area contributed by atoms with Crippen LogP contribution in [0.1, 0.15) is 6.92 Å². The summed E-state index contributed by atoms with van der Waals surface area (Å²) < 4.78 is 6.22. The molecule has 3 heteroatoms. The van der Waals surface area contributed by atoms with Gasteiger partial charge in [-0.25, -0.2) is 4.98 Å². The van der Waals surface area contributed by atoms with Crippen molar-refractivity contribution < 1.29 is 4.74 Å². The van der Waals surface area contributed by atoms with Gasteiger partial charge in [-0.1, -0.05) is 12.7 Å². The highest BCUT2D eigenvalue weighted by Gasteiger charge is 1.98. The first-order chi connectivity index (χ1) is 5.72. The molecule has 0 N–H and O–H groups in total. The Morgan fingerprint density at radius 2 is 2.42 bits per heavy atom. The summed E-state index contributed by atoms with van der Waals surface area (Å²) in [5.74, 6) is 0.755. The summed E-state index contributed by atoms with van der Waals surface area (Å²) in [5.41, 5.74) is 0. The molecule has 0 saturated heterocycles. The van der Waals surface area contributed by atoms with E-state index in [1.165, 1.54) is 0 Å². The monoisotopic (exact) mass is 227 g/mol. The van der Waals surface area contributed by atoms with Crippen LogP contribution in [0.15, 0.2) is 35.6 Å². The van der Waals surface area contributed by atoms with Crippen LogP contribution in [-0.2, 0) is 0 Å². The maximum atomic E-state index is 5.42. The van der Waals surface area contributed by atoms with Crippen LogP contribution >= 0.6 is 15.9 Å². The quantitative estimate of drug-likeness (QED) is 0.586. The lowest BCUT2D eigenvalue weighted by molar-refractivity contribution is 0.269. The maximum absolute atomic E-state index is 5.42. The smallest absolute Gasteiger partial charge is 0.138 e. The molecular weight excluding hydrogens is 218 g/mol. The summed E-state index contributed by atoms with van der Waals surface area (Å²) in [6.07, 6.45) is 3.43. The second-order valence-electron chi connectivity index (χ2n) is 2.38. The Bertz CT molecular complexity index is 258. The second kappa shape index (κ2) is 4.26. The number of nitrogens with zero attached hydrogens (tertiary/aromatic N) is 1. The minimum atomic E-state index is 0.0213. The van der Waals surface area contributed by atoms with Gasteiger partial charge >= 0.3 is 0 Å². The molecule has 1 rings (SSSR count). The Kier molecular flexibility index (Phi) is 3.29. The van der Waals surface area contributed by atoms with E-state index in [0.717, 1.165) is 10.4 Å². The molecule has 1 unspecified atom stereocenters. The largest absolute Gasteiger partial charge is 0.485 e. The molecule has 0 aromatic carbocycles. The average Bonchev–Trinajstić information content (AvgIpc) is 2.09. The van der Waals surface area contributed by atoms with Crippen molar-refractivity contribution >= 4 is 15.9 Å². The summed E-state index contributed by atoms with van der Waals surface area (Å²) in [6, 6.07) is 3.70. The van der Waals surface area contributed by atoms with Crippen molar-refractivity contribution in [2.75, 3.05) is 0 Å². The van der Waals surface area contributed by atoms with Crippen molar-refractivity contribution in [1.82, 2.24) is 4.98 Å². The number of halogens is 1. The van der Waals surface area contributed by atoms with Crippen molar-refractivity contribution in [3.8, 4) is 5.75 Å². The standard InChI is InChI=1S/C9H10BrNO/c1-3-7(2)12-8-4-5-9(10)11-6-8/h3-7H,1H2,2H3. The van der Waals surface area contributed by atoms with Gasteiger partial charge in [0.15, 0.2) is 0 Å². The van der Waals surface area contributed by atoms with Crippen LogP contribution in [-0.4, -0.2) is 11.1 Å². The molecular formula is C9H10BrNO. The first-order valence-corrected chi connectivity index (χ1v) is 4.42. The summed E-state index contributed by atoms with van der Waals surface area (Å²) >= 11 is 3.24. The predicted octanol–water partition coefficient (Wildman–Crippen LogP) is 2.80. The number of pyridine rings is 1. The summed E-state index contributed by atoms with van der Waals surface area (Å²) in [6.45, 7) is 5.55. The van der Waals surface area contributed by atoms with Crippen LogP contribution in [0.3, 0.4) is 0 Å². The van der Waals surface area contributed by atoms with Crippen molar-refractivity contribution in [1.29, 1.82) is 0 Å².